The molecule has 54 valence electrons. The van der Waals surface area contributed by atoms with E-state index in [1.165, 1.54) is 12.8 Å². The molecule has 0 saturated carbocycles. The van der Waals surface area contributed by atoms with Crippen LogP contribution >= 0.6 is 0 Å². The van der Waals surface area contributed by atoms with Crippen LogP contribution in [0.3, 0.4) is 0 Å². The second kappa shape index (κ2) is 1.98. The normalized spacial score (nSPS) is 37.4. The van der Waals surface area contributed by atoms with Crippen LogP contribution in [-0.4, -0.2) is 0 Å². The second-order valence-electron chi connectivity index (χ2n) is 3.71. The largest absolute Gasteiger partial charge is 0.0773 e. The van der Waals surface area contributed by atoms with Crippen LogP contribution in [0.15, 0.2) is 23.3 Å². The van der Waals surface area contributed by atoms with Crippen LogP contribution < -0.4 is 0 Å². The van der Waals surface area contributed by atoms with Gasteiger partial charge >= 0.3 is 0 Å². The molecule has 0 aromatic heterocycles. The van der Waals surface area contributed by atoms with Gasteiger partial charge in [-0.2, -0.15) is 0 Å². The first-order chi connectivity index (χ1) is 4.77. The molecule has 0 amide bonds. The standard InChI is InChI=1S/C10H14/c1-7-5-9-4-3-8(2)10(9)6-7/h3-4,7-8H,5-6H2,1-2H3. The topological polar surface area (TPSA) is 0 Å². The van der Waals surface area contributed by atoms with Crippen molar-refractivity contribution >= 4 is 0 Å². The van der Waals surface area contributed by atoms with Gasteiger partial charge in [-0.15, -0.1) is 0 Å². The van der Waals surface area contributed by atoms with E-state index >= 15 is 0 Å². The van der Waals surface area contributed by atoms with E-state index < -0.39 is 0 Å². The minimum Gasteiger partial charge on any atom is -0.0773 e. The van der Waals surface area contributed by atoms with Gasteiger partial charge in [0.1, 0.15) is 0 Å². The van der Waals surface area contributed by atoms with E-state index in [2.05, 4.69) is 26.0 Å². The molecule has 0 aliphatic heterocycles. The summed E-state index contributed by atoms with van der Waals surface area (Å²) < 4.78 is 0. The van der Waals surface area contributed by atoms with Crippen molar-refractivity contribution in [2.24, 2.45) is 11.8 Å². The molecular weight excluding hydrogens is 120 g/mol. The van der Waals surface area contributed by atoms with E-state index in [1.54, 1.807) is 11.1 Å². The first kappa shape index (κ1) is 6.21. The Kier molecular flexibility index (Phi) is 1.23. The third-order valence-electron chi connectivity index (χ3n) is 2.68. The second-order valence-corrected chi connectivity index (χ2v) is 3.71. The quantitative estimate of drug-likeness (QED) is 0.478. The van der Waals surface area contributed by atoms with Gasteiger partial charge in [0.05, 0.1) is 0 Å². The Morgan fingerprint density at radius 1 is 1.30 bits per heavy atom. The molecule has 0 nitrogen and oxygen atoms in total. The van der Waals surface area contributed by atoms with Gasteiger partial charge in [0, 0.05) is 0 Å². The average Bonchev–Trinajstić information content (AvgIpc) is 2.35. The summed E-state index contributed by atoms with van der Waals surface area (Å²) in [6.07, 6.45) is 7.33. The molecule has 2 rings (SSSR count). The molecule has 0 saturated heterocycles. The maximum absolute atomic E-state index is 2.35. The highest BCUT2D eigenvalue weighted by atomic mass is 14.3. The maximum atomic E-state index is 2.35. The first-order valence-corrected chi connectivity index (χ1v) is 4.17. The summed E-state index contributed by atoms with van der Waals surface area (Å²) in [4.78, 5) is 0. The van der Waals surface area contributed by atoms with E-state index in [0.717, 1.165) is 11.8 Å². The zero-order valence-corrected chi connectivity index (χ0v) is 6.72. The fourth-order valence-electron chi connectivity index (χ4n) is 2.12. The summed E-state index contributed by atoms with van der Waals surface area (Å²) in [5.41, 5.74) is 3.35. The zero-order chi connectivity index (χ0) is 7.14. The molecule has 0 N–H and O–H groups in total. The molecule has 0 heteroatoms. The fourth-order valence-corrected chi connectivity index (χ4v) is 2.12. The lowest BCUT2D eigenvalue weighted by Crippen LogP contribution is -1.93. The van der Waals surface area contributed by atoms with Crippen LogP contribution in [0, 0.1) is 11.8 Å². The molecule has 0 fully saturated rings. The number of allylic oxidation sites excluding steroid dienone is 4. The van der Waals surface area contributed by atoms with Gasteiger partial charge in [-0.3, -0.25) is 0 Å². The highest BCUT2D eigenvalue weighted by molar-refractivity contribution is 5.39. The third kappa shape index (κ3) is 0.749. The van der Waals surface area contributed by atoms with Gasteiger partial charge in [-0.05, 0) is 30.3 Å². The molecule has 2 unspecified atom stereocenters. The van der Waals surface area contributed by atoms with Crippen molar-refractivity contribution < 1.29 is 0 Å². The lowest BCUT2D eigenvalue weighted by atomic mass is 10.00. The van der Waals surface area contributed by atoms with Gasteiger partial charge in [0.15, 0.2) is 0 Å². The summed E-state index contributed by atoms with van der Waals surface area (Å²) in [6, 6.07) is 0. The van der Waals surface area contributed by atoms with E-state index in [1.807, 2.05) is 0 Å². The molecule has 0 aromatic carbocycles. The predicted molar refractivity (Wildman–Crippen MR) is 43.7 cm³/mol. The van der Waals surface area contributed by atoms with Crippen LogP contribution in [0.2, 0.25) is 0 Å². The predicted octanol–water partition coefficient (Wildman–Crippen LogP) is 2.92. The van der Waals surface area contributed by atoms with Crippen molar-refractivity contribution in [1.29, 1.82) is 0 Å². The molecule has 0 heterocycles. The van der Waals surface area contributed by atoms with E-state index in [9.17, 15) is 0 Å². The van der Waals surface area contributed by atoms with Crippen LogP contribution in [0.5, 0.6) is 0 Å². The van der Waals surface area contributed by atoms with E-state index in [4.69, 9.17) is 0 Å². The number of hydrogen-bond donors (Lipinski definition) is 0. The monoisotopic (exact) mass is 134 g/mol. The summed E-state index contributed by atoms with van der Waals surface area (Å²) in [5, 5.41) is 0. The highest BCUT2D eigenvalue weighted by Gasteiger charge is 2.25. The summed E-state index contributed by atoms with van der Waals surface area (Å²) >= 11 is 0. The van der Waals surface area contributed by atoms with Crippen molar-refractivity contribution in [2.45, 2.75) is 26.7 Å². The molecule has 0 aromatic rings. The van der Waals surface area contributed by atoms with Crippen LogP contribution in [0.4, 0.5) is 0 Å². The Bertz CT molecular complexity index is 208. The Balaban J connectivity index is 2.25. The molecule has 0 radical (unpaired) electrons. The molecule has 2 atom stereocenters. The Hall–Kier alpha value is -0.520. The Labute approximate surface area is 62.6 Å². The molecule has 2 aliphatic carbocycles. The Morgan fingerprint density at radius 2 is 2.10 bits per heavy atom. The van der Waals surface area contributed by atoms with Crippen molar-refractivity contribution in [3.63, 3.8) is 0 Å². The molecule has 0 spiro atoms. The van der Waals surface area contributed by atoms with Crippen molar-refractivity contribution in [3.8, 4) is 0 Å². The van der Waals surface area contributed by atoms with Gasteiger partial charge in [0.25, 0.3) is 0 Å². The molecular formula is C10H14. The van der Waals surface area contributed by atoms with Crippen LogP contribution in [0.1, 0.15) is 26.7 Å². The highest BCUT2D eigenvalue weighted by Crippen LogP contribution is 2.40. The third-order valence-corrected chi connectivity index (χ3v) is 2.68. The first-order valence-electron chi connectivity index (χ1n) is 4.17. The van der Waals surface area contributed by atoms with E-state index in [-0.39, 0.29) is 0 Å². The summed E-state index contributed by atoms with van der Waals surface area (Å²) in [5.74, 6) is 1.66. The minimum atomic E-state index is 0.750. The smallest absolute Gasteiger partial charge is 0.00425 e. The lowest BCUT2D eigenvalue weighted by Gasteiger charge is -2.05. The average molecular weight is 134 g/mol. The lowest BCUT2D eigenvalue weighted by molar-refractivity contribution is 0.602. The summed E-state index contributed by atoms with van der Waals surface area (Å²) in [6.45, 7) is 4.65. The zero-order valence-electron chi connectivity index (χ0n) is 6.72. The van der Waals surface area contributed by atoms with Gasteiger partial charge < -0.3 is 0 Å². The van der Waals surface area contributed by atoms with Crippen molar-refractivity contribution in [3.05, 3.63) is 23.3 Å². The van der Waals surface area contributed by atoms with E-state index in [0.29, 0.717) is 0 Å². The Morgan fingerprint density at radius 3 is 2.80 bits per heavy atom. The number of hydrogen-bond acceptors (Lipinski definition) is 0. The van der Waals surface area contributed by atoms with Gasteiger partial charge in [-0.25, -0.2) is 0 Å². The van der Waals surface area contributed by atoms with Crippen LogP contribution in [0.25, 0.3) is 0 Å². The van der Waals surface area contributed by atoms with Crippen molar-refractivity contribution in [2.75, 3.05) is 0 Å². The summed E-state index contributed by atoms with van der Waals surface area (Å²) in [7, 11) is 0. The number of rotatable bonds is 0. The molecule has 10 heavy (non-hydrogen) atoms. The molecule has 2 aliphatic rings. The minimum absolute atomic E-state index is 0.750. The van der Waals surface area contributed by atoms with Gasteiger partial charge in [0.2, 0.25) is 0 Å². The fraction of sp³-hybridized carbons (Fsp3) is 0.600. The molecule has 0 bridgehead atoms. The maximum Gasteiger partial charge on any atom is -0.00425 e. The van der Waals surface area contributed by atoms with Crippen LogP contribution in [-0.2, 0) is 0 Å². The SMILES string of the molecule is CC1CC2=C(C1)C(C)C=C2. The van der Waals surface area contributed by atoms with Gasteiger partial charge in [-0.1, -0.05) is 31.6 Å². The van der Waals surface area contributed by atoms with Crippen molar-refractivity contribution in [1.82, 2.24) is 0 Å².